The maximum Gasteiger partial charge on any atom is 0.118 e. The number of benzene rings is 1. The molecule has 0 aromatic heterocycles. The molecule has 1 aromatic carbocycles. The Kier molecular flexibility index (Phi) is 6.07. The van der Waals surface area contributed by atoms with Gasteiger partial charge in [0.2, 0.25) is 0 Å². The molecule has 1 aliphatic rings. The van der Waals surface area contributed by atoms with E-state index in [4.69, 9.17) is 4.74 Å². The van der Waals surface area contributed by atoms with Crippen molar-refractivity contribution in [1.82, 2.24) is 10.2 Å². The largest absolute Gasteiger partial charge is 0.497 e. The molecule has 0 amide bonds. The molecule has 21 heavy (non-hydrogen) atoms. The summed E-state index contributed by atoms with van der Waals surface area (Å²) in [4.78, 5) is 2.65. The van der Waals surface area contributed by atoms with Gasteiger partial charge in [-0.25, -0.2) is 0 Å². The molecular formula is C18H30N2O. The van der Waals surface area contributed by atoms with Gasteiger partial charge in [0.05, 0.1) is 7.11 Å². The maximum absolute atomic E-state index is 5.24. The minimum Gasteiger partial charge on any atom is -0.497 e. The summed E-state index contributed by atoms with van der Waals surface area (Å²) >= 11 is 0. The highest BCUT2D eigenvalue weighted by atomic mass is 16.5. The van der Waals surface area contributed by atoms with Crippen LogP contribution >= 0.6 is 0 Å². The summed E-state index contributed by atoms with van der Waals surface area (Å²) in [6.07, 6.45) is 2.45. The first-order chi connectivity index (χ1) is 10.2. The van der Waals surface area contributed by atoms with Crippen molar-refractivity contribution in [2.45, 2.75) is 52.2 Å². The zero-order chi connectivity index (χ0) is 15.2. The van der Waals surface area contributed by atoms with Crippen LogP contribution in [0, 0.1) is 5.92 Å². The Bertz CT molecular complexity index is 418. The highest BCUT2D eigenvalue weighted by molar-refractivity contribution is 5.27. The van der Waals surface area contributed by atoms with Crippen molar-refractivity contribution in [2.75, 3.05) is 20.2 Å². The second kappa shape index (κ2) is 7.81. The second-order valence-corrected chi connectivity index (χ2v) is 6.24. The quantitative estimate of drug-likeness (QED) is 0.870. The van der Waals surface area contributed by atoms with Gasteiger partial charge in [0, 0.05) is 31.7 Å². The minimum absolute atomic E-state index is 0.621. The first-order valence-electron chi connectivity index (χ1n) is 8.28. The molecule has 1 saturated heterocycles. The molecule has 0 bridgehead atoms. The Labute approximate surface area is 129 Å². The van der Waals surface area contributed by atoms with Gasteiger partial charge in [-0.1, -0.05) is 39.3 Å². The van der Waals surface area contributed by atoms with Gasteiger partial charge < -0.3 is 10.1 Å². The molecule has 3 atom stereocenters. The zero-order valence-corrected chi connectivity index (χ0v) is 13.9. The van der Waals surface area contributed by atoms with Gasteiger partial charge >= 0.3 is 0 Å². The number of rotatable bonds is 6. The lowest BCUT2D eigenvalue weighted by Gasteiger charge is -2.42. The van der Waals surface area contributed by atoms with Crippen LogP contribution in [0.3, 0.4) is 0 Å². The predicted molar refractivity (Wildman–Crippen MR) is 88.7 cm³/mol. The van der Waals surface area contributed by atoms with Crippen LogP contribution in [-0.2, 0) is 6.54 Å². The fourth-order valence-electron chi connectivity index (χ4n) is 3.11. The molecule has 1 heterocycles. The van der Waals surface area contributed by atoms with Gasteiger partial charge in [-0.15, -0.1) is 0 Å². The van der Waals surface area contributed by atoms with Gasteiger partial charge in [-0.05, 0) is 30.0 Å². The molecule has 2 rings (SSSR count). The monoisotopic (exact) mass is 290 g/mol. The summed E-state index contributed by atoms with van der Waals surface area (Å²) in [5.41, 5.74) is 1.37. The molecule has 3 heteroatoms. The van der Waals surface area contributed by atoms with Crippen LogP contribution in [0.1, 0.15) is 39.2 Å². The third kappa shape index (κ3) is 4.21. The highest BCUT2D eigenvalue weighted by Crippen LogP contribution is 2.20. The normalized spacial score (nSPS) is 24.8. The molecule has 1 N–H and O–H groups in total. The number of ether oxygens (including phenoxy) is 1. The van der Waals surface area contributed by atoms with Crippen molar-refractivity contribution in [2.24, 2.45) is 5.92 Å². The van der Waals surface area contributed by atoms with Gasteiger partial charge in [-0.2, -0.15) is 0 Å². The fourth-order valence-corrected chi connectivity index (χ4v) is 3.11. The van der Waals surface area contributed by atoms with Crippen molar-refractivity contribution in [3.05, 3.63) is 29.8 Å². The van der Waals surface area contributed by atoms with E-state index in [1.165, 1.54) is 18.4 Å². The summed E-state index contributed by atoms with van der Waals surface area (Å²) in [5.74, 6) is 1.67. The van der Waals surface area contributed by atoms with E-state index in [9.17, 15) is 0 Å². The van der Waals surface area contributed by atoms with Crippen LogP contribution in [0.15, 0.2) is 24.3 Å². The maximum atomic E-state index is 5.24. The number of nitrogens with one attached hydrogen (secondary N) is 1. The standard InChI is InChI=1S/C18H30N2O/c1-5-14(3)18-13-20(16(6-2)11-19-18)12-15-7-9-17(21-4)10-8-15/h7-10,14,16,18-19H,5-6,11-13H2,1-4H3. The highest BCUT2D eigenvalue weighted by Gasteiger charge is 2.28. The van der Waals surface area contributed by atoms with E-state index in [1.54, 1.807) is 7.11 Å². The lowest BCUT2D eigenvalue weighted by molar-refractivity contribution is 0.0993. The lowest BCUT2D eigenvalue weighted by Crippen LogP contribution is -2.57. The number of nitrogens with zero attached hydrogens (tertiary/aromatic N) is 1. The van der Waals surface area contributed by atoms with Crippen LogP contribution < -0.4 is 10.1 Å². The summed E-state index contributed by atoms with van der Waals surface area (Å²) in [7, 11) is 1.72. The lowest BCUT2D eigenvalue weighted by atomic mass is 9.94. The first-order valence-corrected chi connectivity index (χ1v) is 8.28. The van der Waals surface area contributed by atoms with Crippen molar-refractivity contribution in [1.29, 1.82) is 0 Å². The molecular weight excluding hydrogens is 260 g/mol. The molecule has 1 fully saturated rings. The third-order valence-electron chi connectivity index (χ3n) is 4.91. The van der Waals surface area contributed by atoms with Crippen molar-refractivity contribution < 1.29 is 4.74 Å². The number of piperazine rings is 1. The molecule has 1 aliphatic heterocycles. The van der Waals surface area contributed by atoms with E-state index >= 15 is 0 Å². The molecule has 0 aliphatic carbocycles. The van der Waals surface area contributed by atoms with Crippen molar-refractivity contribution in [3.63, 3.8) is 0 Å². The number of hydrogen-bond donors (Lipinski definition) is 1. The second-order valence-electron chi connectivity index (χ2n) is 6.24. The Morgan fingerprint density at radius 1 is 1.29 bits per heavy atom. The molecule has 118 valence electrons. The van der Waals surface area contributed by atoms with E-state index in [0.29, 0.717) is 12.1 Å². The molecule has 0 radical (unpaired) electrons. The molecule has 3 nitrogen and oxygen atoms in total. The van der Waals surface area contributed by atoms with E-state index in [1.807, 2.05) is 0 Å². The minimum atomic E-state index is 0.621. The topological polar surface area (TPSA) is 24.5 Å². The van der Waals surface area contributed by atoms with Crippen LogP contribution in [0.5, 0.6) is 5.75 Å². The van der Waals surface area contributed by atoms with Crippen LogP contribution in [0.4, 0.5) is 0 Å². The Morgan fingerprint density at radius 3 is 2.57 bits per heavy atom. The Hall–Kier alpha value is -1.06. The number of methoxy groups -OCH3 is 1. The van der Waals surface area contributed by atoms with Crippen LogP contribution in [0.2, 0.25) is 0 Å². The molecule has 3 unspecified atom stereocenters. The van der Waals surface area contributed by atoms with Crippen molar-refractivity contribution >= 4 is 0 Å². The van der Waals surface area contributed by atoms with E-state index < -0.39 is 0 Å². The molecule has 0 saturated carbocycles. The summed E-state index contributed by atoms with van der Waals surface area (Å²) < 4.78 is 5.24. The van der Waals surface area contributed by atoms with Gasteiger partial charge in [0.25, 0.3) is 0 Å². The number of hydrogen-bond acceptors (Lipinski definition) is 3. The Morgan fingerprint density at radius 2 is 2.00 bits per heavy atom. The van der Waals surface area contributed by atoms with Gasteiger partial charge in [0.1, 0.15) is 5.75 Å². The molecule has 1 aromatic rings. The summed E-state index contributed by atoms with van der Waals surface area (Å²) in [6, 6.07) is 9.76. The smallest absolute Gasteiger partial charge is 0.118 e. The average molecular weight is 290 g/mol. The van der Waals surface area contributed by atoms with Crippen molar-refractivity contribution in [3.8, 4) is 5.75 Å². The zero-order valence-electron chi connectivity index (χ0n) is 13.9. The summed E-state index contributed by atoms with van der Waals surface area (Å²) in [5, 5.41) is 3.74. The third-order valence-corrected chi connectivity index (χ3v) is 4.91. The van der Waals surface area contributed by atoms with Gasteiger partial charge in [-0.3, -0.25) is 4.90 Å². The Balaban J connectivity index is 2.02. The van der Waals surface area contributed by atoms with E-state index in [0.717, 1.165) is 31.3 Å². The fraction of sp³-hybridized carbons (Fsp3) is 0.667. The summed E-state index contributed by atoms with van der Waals surface area (Å²) in [6.45, 7) is 10.2. The molecule has 0 spiro atoms. The van der Waals surface area contributed by atoms with E-state index in [2.05, 4.69) is 55.3 Å². The first kappa shape index (κ1) is 16.3. The van der Waals surface area contributed by atoms with Crippen LogP contribution in [-0.4, -0.2) is 37.2 Å². The van der Waals surface area contributed by atoms with E-state index in [-0.39, 0.29) is 0 Å². The predicted octanol–water partition coefficient (Wildman–Crippen LogP) is 3.29. The van der Waals surface area contributed by atoms with Gasteiger partial charge in [0.15, 0.2) is 0 Å². The SMILES string of the molecule is CCC(C)C1CN(Cc2ccc(OC)cc2)C(CC)CN1. The van der Waals surface area contributed by atoms with Crippen LogP contribution in [0.25, 0.3) is 0 Å². The average Bonchev–Trinajstić information content (AvgIpc) is 2.54.